The molecule has 0 spiro atoms. The second-order valence-corrected chi connectivity index (χ2v) is 5.83. The molecule has 1 aliphatic rings. The maximum absolute atomic E-state index is 14.3. The molecule has 0 N–H and O–H groups in total. The summed E-state index contributed by atoms with van der Waals surface area (Å²) in [6.07, 6.45) is 6.14. The Hall–Kier alpha value is -1.88. The minimum atomic E-state index is -0.241. The highest BCUT2D eigenvalue weighted by Gasteiger charge is 2.26. The van der Waals surface area contributed by atoms with Crippen LogP contribution in [0, 0.1) is 12.7 Å². The Bertz CT molecular complexity index is 641. The van der Waals surface area contributed by atoms with E-state index in [0.29, 0.717) is 23.9 Å². The average molecular weight is 303 g/mol. The topological polar surface area (TPSA) is 30.3 Å². The smallest absolute Gasteiger partial charge is 0.169 e. The molecule has 118 valence electrons. The van der Waals surface area contributed by atoms with Gasteiger partial charge in [0.1, 0.15) is 5.82 Å². The fourth-order valence-electron chi connectivity index (χ4n) is 3.19. The molecule has 0 unspecified atom stereocenters. The Kier molecular flexibility index (Phi) is 4.43. The lowest BCUT2D eigenvalue weighted by Crippen LogP contribution is -2.33. The van der Waals surface area contributed by atoms with Gasteiger partial charge < -0.3 is 9.30 Å². The van der Waals surface area contributed by atoms with Gasteiger partial charge in [0.15, 0.2) is 11.6 Å². The first-order chi connectivity index (χ1) is 10.7. The summed E-state index contributed by atoms with van der Waals surface area (Å²) in [4.78, 5) is 6.63. The maximum atomic E-state index is 14.3. The average Bonchev–Trinajstić information content (AvgIpc) is 3.12. The van der Waals surface area contributed by atoms with Crippen LogP contribution in [0.5, 0.6) is 5.75 Å². The molecule has 1 saturated heterocycles. The molecular weight excluding hydrogens is 281 g/mol. The molecule has 1 aliphatic heterocycles. The van der Waals surface area contributed by atoms with Crippen LogP contribution in [-0.2, 0) is 13.1 Å². The van der Waals surface area contributed by atoms with Crippen molar-refractivity contribution in [3.05, 3.63) is 47.8 Å². The molecule has 1 aromatic carbocycles. The number of hydrogen-bond acceptors (Lipinski definition) is 3. The monoisotopic (exact) mass is 303 g/mol. The Labute approximate surface area is 130 Å². The van der Waals surface area contributed by atoms with Gasteiger partial charge >= 0.3 is 0 Å². The predicted octanol–water partition coefficient (Wildman–Crippen LogP) is 3.00. The van der Waals surface area contributed by atoms with Crippen molar-refractivity contribution >= 4 is 0 Å². The van der Waals surface area contributed by atoms with Crippen LogP contribution >= 0.6 is 0 Å². The first-order valence-electron chi connectivity index (χ1n) is 7.72. The molecule has 5 heteroatoms. The molecule has 0 bridgehead atoms. The number of nitrogens with zero attached hydrogens (tertiary/aromatic N) is 3. The van der Waals surface area contributed by atoms with Crippen LogP contribution < -0.4 is 4.74 Å². The van der Waals surface area contributed by atoms with E-state index in [9.17, 15) is 4.39 Å². The predicted molar refractivity (Wildman–Crippen MR) is 83.3 cm³/mol. The van der Waals surface area contributed by atoms with Crippen LogP contribution in [0.4, 0.5) is 4.39 Å². The van der Waals surface area contributed by atoms with Crippen LogP contribution in [0.25, 0.3) is 0 Å². The SMILES string of the molecule is COc1cccc(CN2CCC[C@@H]2Cn2ccnc2C)c1F. The van der Waals surface area contributed by atoms with E-state index in [1.54, 1.807) is 6.07 Å². The Morgan fingerprint density at radius 3 is 3.00 bits per heavy atom. The highest BCUT2D eigenvalue weighted by atomic mass is 19.1. The highest BCUT2D eigenvalue weighted by Crippen LogP contribution is 2.26. The number of aryl methyl sites for hydroxylation is 1. The van der Waals surface area contributed by atoms with Gasteiger partial charge in [-0.05, 0) is 32.4 Å². The Morgan fingerprint density at radius 2 is 2.27 bits per heavy atom. The first-order valence-corrected chi connectivity index (χ1v) is 7.72. The summed E-state index contributed by atoms with van der Waals surface area (Å²) in [6, 6.07) is 5.78. The molecule has 2 heterocycles. The van der Waals surface area contributed by atoms with Gasteiger partial charge in [-0.3, -0.25) is 4.90 Å². The number of aromatic nitrogens is 2. The summed E-state index contributed by atoms with van der Waals surface area (Å²) in [6.45, 7) is 4.56. The van der Waals surface area contributed by atoms with Gasteiger partial charge in [0.2, 0.25) is 0 Å². The summed E-state index contributed by atoms with van der Waals surface area (Å²) in [5.74, 6) is 1.10. The third kappa shape index (κ3) is 2.99. The zero-order chi connectivity index (χ0) is 15.5. The molecule has 0 saturated carbocycles. The minimum absolute atomic E-state index is 0.241. The first kappa shape index (κ1) is 15.0. The van der Waals surface area contributed by atoms with Gasteiger partial charge in [0.05, 0.1) is 7.11 Å². The molecule has 0 aliphatic carbocycles. The molecule has 1 fully saturated rings. The van der Waals surface area contributed by atoms with Crippen molar-refractivity contribution < 1.29 is 9.13 Å². The largest absolute Gasteiger partial charge is 0.494 e. The van der Waals surface area contributed by atoms with Gasteiger partial charge in [-0.15, -0.1) is 0 Å². The normalized spacial score (nSPS) is 18.8. The van der Waals surface area contributed by atoms with E-state index in [1.807, 2.05) is 31.5 Å². The molecule has 3 rings (SSSR count). The standard InChI is InChI=1S/C17H22FN3O/c1-13-19-8-10-20(13)12-15-6-4-9-21(15)11-14-5-3-7-16(22-2)17(14)18/h3,5,7-8,10,15H,4,6,9,11-12H2,1-2H3/t15-/m1/s1. The van der Waals surface area contributed by atoms with Gasteiger partial charge in [-0.2, -0.15) is 0 Å². The highest BCUT2D eigenvalue weighted by molar-refractivity contribution is 5.31. The molecule has 22 heavy (non-hydrogen) atoms. The zero-order valence-electron chi connectivity index (χ0n) is 13.1. The van der Waals surface area contributed by atoms with Crippen LogP contribution in [0.15, 0.2) is 30.6 Å². The lowest BCUT2D eigenvalue weighted by atomic mass is 10.1. The fraction of sp³-hybridized carbons (Fsp3) is 0.471. The second-order valence-electron chi connectivity index (χ2n) is 5.83. The van der Waals surface area contributed by atoms with Crippen molar-refractivity contribution in [2.24, 2.45) is 0 Å². The molecule has 0 radical (unpaired) electrons. The number of halogens is 1. The molecule has 1 atom stereocenters. The lowest BCUT2D eigenvalue weighted by molar-refractivity contribution is 0.220. The van der Waals surface area contributed by atoms with E-state index in [0.717, 1.165) is 31.8 Å². The quantitative estimate of drug-likeness (QED) is 0.850. The molecular formula is C17H22FN3O. The summed E-state index contributed by atoms with van der Waals surface area (Å²) in [7, 11) is 1.50. The summed E-state index contributed by atoms with van der Waals surface area (Å²) < 4.78 is 21.6. The lowest BCUT2D eigenvalue weighted by Gasteiger charge is -2.25. The molecule has 2 aromatic rings. The van der Waals surface area contributed by atoms with Gasteiger partial charge in [-0.1, -0.05) is 12.1 Å². The summed E-state index contributed by atoms with van der Waals surface area (Å²) >= 11 is 0. The summed E-state index contributed by atoms with van der Waals surface area (Å²) in [5, 5.41) is 0. The van der Waals surface area contributed by atoms with Crippen molar-refractivity contribution in [1.82, 2.24) is 14.5 Å². The molecule has 0 amide bonds. The number of methoxy groups -OCH3 is 1. The van der Waals surface area contributed by atoms with E-state index in [-0.39, 0.29) is 5.82 Å². The van der Waals surface area contributed by atoms with E-state index in [2.05, 4.69) is 14.5 Å². The van der Waals surface area contributed by atoms with Crippen LogP contribution in [0.2, 0.25) is 0 Å². The number of likely N-dealkylation sites (tertiary alicyclic amines) is 1. The van der Waals surface area contributed by atoms with E-state index in [4.69, 9.17) is 4.74 Å². The van der Waals surface area contributed by atoms with E-state index in [1.165, 1.54) is 7.11 Å². The van der Waals surface area contributed by atoms with Gasteiger partial charge in [-0.25, -0.2) is 9.37 Å². The van der Waals surface area contributed by atoms with Crippen LogP contribution in [-0.4, -0.2) is 34.1 Å². The number of hydrogen-bond donors (Lipinski definition) is 0. The Balaban J connectivity index is 1.73. The molecule has 4 nitrogen and oxygen atoms in total. The third-order valence-electron chi connectivity index (χ3n) is 4.47. The van der Waals surface area contributed by atoms with Crippen molar-refractivity contribution in [1.29, 1.82) is 0 Å². The number of rotatable bonds is 5. The fourth-order valence-corrected chi connectivity index (χ4v) is 3.19. The minimum Gasteiger partial charge on any atom is -0.494 e. The van der Waals surface area contributed by atoms with Gasteiger partial charge in [0.25, 0.3) is 0 Å². The van der Waals surface area contributed by atoms with Crippen molar-refractivity contribution in [3.8, 4) is 5.75 Å². The van der Waals surface area contributed by atoms with Crippen molar-refractivity contribution in [3.63, 3.8) is 0 Å². The second kappa shape index (κ2) is 6.48. The number of ether oxygens (including phenoxy) is 1. The number of imidazole rings is 1. The van der Waals surface area contributed by atoms with E-state index >= 15 is 0 Å². The molecule has 1 aromatic heterocycles. The van der Waals surface area contributed by atoms with E-state index < -0.39 is 0 Å². The third-order valence-corrected chi connectivity index (χ3v) is 4.47. The van der Waals surface area contributed by atoms with Crippen LogP contribution in [0.3, 0.4) is 0 Å². The summed E-state index contributed by atoms with van der Waals surface area (Å²) in [5.41, 5.74) is 0.702. The van der Waals surface area contributed by atoms with Crippen molar-refractivity contribution in [2.75, 3.05) is 13.7 Å². The zero-order valence-corrected chi connectivity index (χ0v) is 13.1. The van der Waals surface area contributed by atoms with Crippen molar-refractivity contribution in [2.45, 2.75) is 38.9 Å². The van der Waals surface area contributed by atoms with Crippen LogP contribution in [0.1, 0.15) is 24.2 Å². The van der Waals surface area contributed by atoms with Gasteiger partial charge in [0, 0.05) is 37.1 Å². The number of benzene rings is 1. The Morgan fingerprint density at radius 1 is 1.41 bits per heavy atom. The maximum Gasteiger partial charge on any atom is 0.169 e.